The van der Waals surface area contributed by atoms with Crippen molar-refractivity contribution in [3.05, 3.63) is 59.2 Å². The summed E-state index contributed by atoms with van der Waals surface area (Å²) in [5.41, 5.74) is 3.39. The molecule has 1 atom stereocenters. The summed E-state index contributed by atoms with van der Waals surface area (Å²) in [7, 11) is 0. The fourth-order valence-corrected chi connectivity index (χ4v) is 2.22. The molecule has 24 heavy (non-hydrogen) atoms. The van der Waals surface area contributed by atoms with Gasteiger partial charge in [-0.2, -0.15) is 0 Å². The van der Waals surface area contributed by atoms with Crippen LogP contribution in [0.3, 0.4) is 0 Å². The van der Waals surface area contributed by atoms with Gasteiger partial charge in [-0.3, -0.25) is 4.79 Å². The first-order chi connectivity index (χ1) is 11.5. The Balaban J connectivity index is 1.74. The number of hydrogen-bond donors (Lipinski definition) is 1. The smallest absolute Gasteiger partial charge is 0.260 e. The summed E-state index contributed by atoms with van der Waals surface area (Å²) in [6.45, 7) is 8.64. The molecule has 0 aliphatic rings. The Morgan fingerprint density at radius 3 is 2.42 bits per heavy atom. The van der Waals surface area contributed by atoms with Crippen LogP contribution in [0.1, 0.15) is 23.6 Å². The van der Waals surface area contributed by atoms with Crippen LogP contribution >= 0.6 is 0 Å². The van der Waals surface area contributed by atoms with E-state index in [9.17, 15) is 4.79 Å². The van der Waals surface area contributed by atoms with Gasteiger partial charge in [0.15, 0.2) is 6.10 Å². The zero-order valence-electron chi connectivity index (χ0n) is 14.8. The third-order valence-corrected chi connectivity index (χ3v) is 3.71. The number of hydrogen-bond acceptors (Lipinski definition) is 3. The van der Waals surface area contributed by atoms with Gasteiger partial charge in [-0.25, -0.2) is 0 Å². The number of carbonyl (C=O) groups excluding carboxylic acids is 1. The number of benzene rings is 2. The maximum absolute atomic E-state index is 12.1. The van der Waals surface area contributed by atoms with Gasteiger partial charge in [0.2, 0.25) is 0 Å². The summed E-state index contributed by atoms with van der Waals surface area (Å²) in [5.74, 6) is 1.39. The van der Waals surface area contributed by atoms with E-state index in [1.165, 1.54) is 0 Å². The molecule has 0 aromatic heterocycles. The summed E-state index contributed by atoms with van der Waals surface area (Å²) in [6, 6.07) is 13.7. The standard InChI is InChI=1S/C20H25NO3/c1-14-6-9-18(10-7-14)24-17(4)20(22)21-11-12-23-19-13-15(2)5-8-16(19)3/h5-10,13,17H,11-12H2,1-4H3,(H,21,22)/t17-/m0/s1. The maximum Gasteiger partial charge on any atom is 0.260 e. The summed E-state index contributed by atoms with van der Waals surface area (Å²) < 4.78 is 11.4. The highest BCUT2D eigenvalue weighted by molar-refractivity contribution is 5.80. The van der Waals surface area contributed by atoms with Crippen LogP contribution in [0.15, 0.2) is 42.5 Å². The minimum atomic E-state index is -0.548. The Morgan fingerprint density at radius 2 is 1.71 bits per heavy atom. The van der Waals surface area contributed by atoms with Gasteiger partial charge in [0.25, 0.3) is 5.91 Å². The van der Waals surface area contributed by atoms with Crippen molar-refractivity contribution < 1.29 is 14.3 Å². The lowest BCUT2D eigenvalue weighted by Gasteiger charge is -2.15. The Labute approximate surface area is 143 Å². The van der Waals surface area contributed by atoms with Crippen molar-refractivity contribution in [3.63, 3.8) is 0 Å². The van der Waals surface area contributed by atoms with Gasteiger partial charge >= 0.3 is 0 Å². The second kappa shape index (κ2) is 8.39. The molecule has 4 heteroatoms. The first-order valence-electron chi connectivity index (χ1n) is 8.17. The molecule has 0 unspecified atom stereocenters. The van der Waals surface area contributed by atoms with E-state index in [0.29, 0.717) is 18.9 Å². The molecule has 0 bridgehead atoms. The van der Waals surface area contributed by atoms with Gasteiger partial charge in [0.1, 0.15) is 18.1 Å². The Bertz CT molecular complexity index is 680. The molecule has 2 aromatic carbocycles. The van der Waals surface area contributed by atoms with Crippen LogP contribution in [-0.2, 0) is 4.79 Å². The molecule has 0 radical (unpaired) electrons. The number of ether oxygens (including phenoxy) is 2. The quantitative estimate of drug-likeness (QED) is 0.791. The SMILES string of the molecule is Cc1ccc(O[C@@H](C)C(=O)NCCOc2cc(C)ccc2C)cc1. The van der Waals surface area contributed by atoms with Gasteiger partial charge in [-0.15, -0.1) is 0 Å². The van der Waals surface area contributed by atoms with Gasteiger partial charge < -0.3 is 14.8 Å². The lowest BCUT2D eigenvalue weighted by Crippen LogP contribution is -2.38. The predicted molar refractivity (Wildman–Crippen MR) is 95.7 cm³/mol. The molecular formula is C20H25NO3. The third-order valence-electron chi connectivity index (χ3n) is 3.71. The van der Waals surface area contributed by atoms with E-state index in [1.54, 1.807) is 6.92 Å². The number of carbonyl (C=O) groups is 1. The van der Waals surface area contributed by atoms with Gasteiger partial charge in [0.05, 0.1) is 6.54 Å². The molecule has 4 nitrogen and oxygen atoms in total. The average Bonchev–Trinajstić information content (AvgIpc) is 2.56. The molecule has 2 rings (SSSR count). The number of amides is 1. The van der Waals surface area contributed by atoms with E-state index < -0.39 is 6.10 Å². The Hall–Kier alpha value is -2.49. The van der Waals surface area contributed by atoms with Crippen molar-refractivity contribution in [2.45, 2.75) is 33.8 Å². The molecule has 0 aliphatic heterocycles. The van der Waals surface area contributed by atoms with Crippen LogP contribution in [0.2, 0.25) is 0 Å². The maximum atomic E-state index is 12.1. The summed E-state index contributed by atoms with van der Waals surface area (Å²) in [5, 5.41) is 2.83. The highest BCUT2D eigenvalue weighted by atomic mass is 16.5. The summed E-state index contributed by atoms with van der Waals surface area (Å²) in [4.78, 5) is 12.1. The van der Waals surface area contributed by atoms with Gasteiger partial charge in [0, 0.05) is 0 Å². The van der Waals surface area contributed by atoms with Crippen molar-refractivity contribution in [1.29, 1.82) is 0 Å². The zero-order chi connectivity index (χ0) is 17.5. The highest BCUT2D eigenvalue weighted by Crippen LogP contribution is 2.18. The van der Waals surface area contributed by atoms with Crippen LogP contribution in [-0.4, -0.2) is 25.2 Å². The van der Waals surface area contributed by atoms with Crippen LogP contribution in [0.4, 0.5) is 0 Å². The predicted octanol–water partition coefficient (Wildman–Crippen LogP) is 3.57. The van der Waals surface area contributed by atoms with Crippen LogP contribution in [0.25, 0.3) is 0 Å². The molecule has 0 heterocycles. The second-order valence-corrected chi connectivity index (χ2v) is 5.98. The minimum absolute atomic E-state index is 0.153. The average molecular weight is 327 g/mol. The first kappa shape index (κ1) is 17.9. The van der Waals surface area contributed by atoms with E-state index in [1.807, 2.05) is 63.2 Å². The van der Waals surface area contributed by atoms with Crippen molar-refractivity contribution >= 4 is 5.91 Å². The lowest BCUT2D eigenvalue weighted by atomic mass is 10.1. The minimum Gasteiger partial charge on any atom is -0.491 e. The highest BCUT2D eigenvalue weighted by Gasteiger charge is 2.14. The summed E-state index contributed by atoms with van der Waals surface area (Å²) in [6.07, 6.45) is -0.548. The molecule has 1 N–H and O–H groups in total. The number of nitrogens with one attached hydrogen (secondary N) is 1. The normalized spacial score (nSPS) is 11.7. The summed E-state index contributed by atoms with van der Waals surface area (Å²) >= 11 is 0. The van der Waals surface area contributed by atoms with Crippen LogP contribution < -0.4 is 14.8 Å². The lowest BCUT2D eigenvalue weighted by molar-refractivity contribution is -0.127. The fourth-order valence-electron chi connectivity index (χ4n) is 2.22. The molecular weight excluding hydrogens is 302 g/mol. The molecule has 1 amide bonds. The third kappa shape index (κ3) is 5.30. The molecule has 128 valence electrons. The molecule has 0 saturated heterocycles. The molecule has 0 aliphatic carbocycles. The first-order valence-corrected chi connectivity index (χ1v) is 8.17. The Morgan fingerprint density at radius 1 is 1.04 bits per heavy atom. The van der Waals surface area contributed by atoms with E-state index in [-0.39, 0.29) is 5.91 Å². The van der Waals surface area contributed by atoms with Gasteiger partial charge in [-0.05, 0) is 57.0 Å². The molecule has 0 saturated carbocycles. The van der Waals surface area contributed by atoms with Crippen molar-refractivity contribution in [1.82, 2.24) is 5.32 Å². The Kier molecular flexibility index (Phi) is 6.24. The van der Waals surface area contributed by atoms with Crippen molar-refractivity contribution in [3.8, 4) is 11.5 Å². The van der Waals surface area contributed by atoms with Crippen LogP contribution in [0.5, 0.6) is 11.5 Å². The molecule has 2 aromatic rings. The largest absolute Gasteiger partial charge is 0.491 e. The monoisotopic (exact) mass is 327 g/mol. The molecule has 0 fully saturated rings. The fraction of sp³-hybridized carbons (Fsp3) is 0.350. The number of aryl methyl sites for hydroxylation is 3. The van der Waals surface area contributed by atoms with E-state index in [2.05, 4.69) is 5.32 Å². The second-order valence-electron chi connectivity index (χ2n) is 5.98. The van der Waals surface area contributed by atoms with Crippen molar-refractivity contribution in [2.24, 2.45) is 0 Å². The van der Waals surface area contributed by atoms with Gasteiger partial charge in [-0.1, -0.05) is 29.8 Å². The molecule has 0 spiro atoms. The van der Waals surface area contributed by atoms with Crippen molar-refractivity contribution in [2.75, 3.05) is 13.2 Å². The van der Waals surface area contributed by atoms with E-state index >= 15 is 0 Å². The topological polar surface area (TPSA) is 47.6 Å². The zero-order valence-corrected chi connectivity index (χ0v) is 14.8. The van der Waals surface area contributed by atoms with E-state index in [4.69, 9.17) is 9.47 Å². The van der Waals surface area contributed by atoms with E-state index in [0.717, 1.165) is 22.4 Å². The number of rotatable bonds is 7. The van der Waals surface area contributed by atoms with Crippen LogP contribution in [0, 0.1) is 20.8 Å².